The van der Waals surface area contributed by atoms with Crippen molar-refractivity contribution >= 4 is 44.5 Å². The highest BCUT2D eigenvalue weighted by atomic mass is 32.1. The van der Waals surface area contributed by atoms with Gasteiger partial charge in [-0.05, 0) is 42.0 Å². The van der Waals surface area contributed by atoms with Gasteiger partial charge in [0.05, 0.1) is 17.3 Å². The quantitative estimate of drug-likeness (QED) is 0.317. The molecule has 0 aliphatic heterocycles. The van der Waals surface area contributed by atoms with E-state index < -0.39 is 7.14 Å². The zero-order valence-corrected chi connectivity index (χ0v) is 19.7. The molecule has 0 radical (unpaired) electrons. The van der Waals surface area contributed by atoms with Crippen molar-refractivity contribution in [2.45, 2.75) is 0 Å². The molecule has 0 unspecified atom stereocenters. The van der Waals surface area contributed by atoms with Crippen LogP contribution in [-0.2, 0) is 4.57 Å². The van der Waals surface area contributed by atoms with Gasteiger partial charge in [0.1, 0.15) is 5.75 Å². The van der Waals surface area contributed by atoms with E-state index in [1.165, 1.54) is 11.3 Å². The average Bonchev–Trinajstić information content (AvgIpc) is 2.89. The standard InChI is InChI=1S/C28H21O3PS/c1-31-21-18-16-20(17-19-21)28-27(26(29)24-14-8-9-15-25(24)33-28)32(30,22-10-4-2-5-11-22)23-12-6-3-7-13-23/h2-19H,1H3. The molecule has 0 aliphatic carbocycles. The number of hydrogen-bond acceptors (Lipinski definition) is 4. The van der Waals surface area contributed by atoms with Crippen LogP contribution >= 0.6 is 18.5 Å². The van der Waals surface area contributed by atoms with Gasteiger partial charge in [-0.1, -0.05) is 72.8 Å². The first kappa shape index (κ1) is 21.4. The van der Waals surface area contributed by atoms with Crippen molar-refractivity contribution in [3.8, 4) is 16.2 Å². The third-order valence-corrected chi connectivity index (χ3v) is 10.2. The molecule has 0 saturated carbocycles. The lowest BCUT2D eigenvalue weighted by Crippen LogP contribution is -2.35. The Balaban J connectivity index is 1.93. The summed E-state index contributed by atoms with van der Waals surface area (Å²) in [6.07, 6.45) is 0. The lowest BCUT2D eigenvalue weighted by Gasteiger charge is -2.22. The Morgan fingerprint density at radius 1 is 0.697 bits per heavy atom. The molecule has 0 aliphatic rings. The highest BCUT2D eigenvalue weighted by Gasteiger charge is 2.36. The van der Waals surface area contributed by atoms with Crippen LogP contribution < -0.4 is 26.1 Å². The van der Waals surface area contributed by atoms with Crippen molar-refractivity contribution in [3.05, 3.63) is 119 Å². The van der Waals surface area contributed by atoms with Crippen LogP contribution in [0.15, 0.2) is 114 Å². The third-order valence-electron chi connectivity index (χ3n) is 5.68. The van der Waals surface area contributed by atoms with Crippen molar-refractivity contribution in [3.63, 3.8) is 0 Å². The van der Waals surface area contributed by atoms with E-state index in [1.54, 1.807) is 7.11 Å². The van der Waals surface area contributed by atoms with Gasteiger partial charge in [0, 0.05) is 20.7 Å². The van der Waals surface area contributed by atoms with Crippen molar-refractivity contribution in [1.29, 1.82) is 0 Å². The zero-order chi connectivity index (χ0) is 22.8. The summed E-state index contributed by atoms with van der Waals surface area (Å²) in [4.78, 5) is 14.8. The molecule has 0 saturated heterocycles. The maximum atomic E-state index is 15.2. The number of hydrogen-bond donors (Lipinski definition) is 0. The first-order valence-electron chi connectivity index (χ1n) is 10.5. The minimum absolute atomic E-state index is 0.189. The largest absolute Gasteiger partial charge is 0.497 e. The molecule has 33 heavy (non-hydrogen) atoms. The van der Waals surface area contributed by atoms with Gasteiger partial charge in [0.15, 0.2) is 12.6 Å². The van der Waals surface area contributed by atoms with Crippen LogP contribution in [0.5, 0.6) is 5.75 Å². The van der Waals surface area contributed by atoms with Crippen LogP contribution in [0, 0.1) is 0 Å². The van der Waals surface area contributed by atoms with Crippen molar-refractivity contribution in [2.24, 2.45) is 0 Å². The Labute approximate surface area is 196 Å². The Morgan fingerprint density at radius 2 is 1.24 bits per heavy atom. The van der Waals surface area contributed by atoms with Gasteiger partial charge in [0.2, 0.25) is 0 Å². The second-order valence-corrected chi connectivity index (χ2v) is 11.4. The van der Waals surface area contributed by atoms with Crippen LogP contribution in [0.25, 0.3) is 20.5 Å². The maximum absolute atomic E-state index is 15.2. The van der Waals surface area contributed by atoms with E-state index >= 15 is 4.57 Å². The fourth-order valence-electron chi connectivity index (χ4n) is 4.04. The lowest BCUT2D eigenvalue weighted by atomic mass is 10.1. The van der Waals surface area contributed by atoms with Crippen molar-refractivity contribution < 1.29 is 9.30 Å². The fraction of sp³-hybridized carbons (Fsp3) is 0.0357. The van der Waals surface area contributed by atoms with E-state index in [9.17, 15) is 4.79 Å². The number of ether oxygens (including phenoxy) is 1. The van der Waals surface area contributed by atoms with Gasteiger partial charge in [-0.2, -0.15) is 0 Å². The minimum Gasteiger partial charge on any atom is -0.497 e. The van der Waals surface area contributed by atoms with Gasteiger partial charge < -0.3 is 9.30 Å². The van der Waals surface area contributed by atoms with Crippen LogP contribution in [0.1, 0.15) is 0 Å². The summed E-state index contributed by atoms with van der Waals surface area (Å²) in [6.45, 7) is 0. The van der Waals surface area contributed by atoms with Gasteiger partial charge >= 0.3 is 0 Å². The zero-order valence-electron chi connectivity index (χ0n) is 18.0. The monoisotopic (exact) mass is 468 g/mol. The summed E-state index contributed by atoms with van der Waals surface area (Å²) in [5, 5.41) is 2.23. The van der Waals surface area contributed by atoms with E-state index in [1.807, 2.05) is 109 Å². The normalized spacial score (nSPS) is 11.4. The van der Waals surface area contributed by atoms with Crippen molar-refractivity contribution in [1.82, 2.24) is 0 Å². The van der Waals surface area contributed by atoms with E-state index in [0.29, 0.717) is 21.3 Å². The smallest absolute Gasteiger partial charge is 0.200 e. The Kier molecular flexibility index (Phi) is 5.72. The summed E-state index contributed by atoms with van der Waals surface area (Å²) in [7, 11) is -1.85. The summed E-state index contributed by atoms with van der Waals surface area (Å²) in [5.74, 6) is 0.725. The number of methoxy groups -OCH3 is 1. The lowest BCUT2D eigenvalue weighted by molar-refractivity contribution is 0.415. The first-order valence-corrected chi connectivity index (χ1v) is 13.1. The molecule has 0 atom stereocenters. The molecule has 0 bridgehead atoms. The summed E-state index contributed by atoms with van der Waals surface area (Å²) < 4.78 is 21.4. The van der Waals surface area contributed by atoms with Gasteiger partial charge in [0.25, 0.3) is 0 Å². The second kappa shape index (κ2) is 8.82. The molecule has 162 valence electrons. The van der Waals surface area contributed by atoms with Crippen molar-refractivity contribution in [2.75, 3.05) is 7.11 Å². The van der Waals surface area contributed by atoms with E-state index in [0.717, 1.165) is 20.9 Å². The van der Waals surface area contributed by atoms with E-state index in [-0.39, 0.29) is 5.43 Å². The second-order valence-electron chi connectivity index (χ2n) is 7.61. The molecule has 3 nitrogen and oxygen atoms in total. The Bertz CT molecular complexity index is 1480. The summed E-state index contributed by atoms with van der Waals surface area (Å²) >= 11 is 1.50. The topological polar surface area (TPSA) is 43.4 Å². The molecule has 0 amide bonds. The molecular weight excluding hydrogens is 447 g/mol. The first-order chi connectivity index (χ1) is 16.1. The Hall–Kier alpha value is -3.46. The molecule has 5 rings (SSSR count). The molecule has 5 aromatic rings. The number of fused-ring (bicyclic) bond motifs is 1. The number of rotatable bonds is 5. The van der Waals surface area contributed by atoms with Gasteiger partial charge in [-0.3, -0.25) is 4.79 Å². The highest BCUT2D eigenvalue weighted by Crippen LogP contribution is 2.46. The molecule has 0 N–H and O–H groups in total. The Morgan fingerprint density at radius 3 is 1.82 bits per heavy atom. The van der Waals surface area contributed by atoms with Crippen LogP contribution in [0.2, 0.25) is 0 Å². The highest BCUT2D eigenvalue weighted by molar-refractivity contribution is 7.85. The molecule has 0 fully saturated rings. The predicted octanol–water partition coefficient (Wildman–Crippen LogP) is 5.58. The van der Waals surface area contributed by atoms with E-state index in [2.05, 4.69) is 0 Å². The van der Waals surface area contributed by atoms with Crippen LogP contribution in [0.4, 0.5) is 0 Å². The summed E-state index contributed by atoms with van der Waals surface area (Å²) in [5.41, 5.74) is 0.650. The molecule has 4 aromatic carbocycles. The molecule has 0 spiro atoms. The van der Waals surface area contributed by atoms with Crippen LogP contribution in [0.3, 0.4) is 0 Å². The average molecular weight is 469 g/mol. The molecule has 5 heteroatoms. The third kappa shape index (κ3) is 3.72. The van der Waals surface area contributed by atoms with Crippen LogP contribution in [-0.4, -0.2) is 7.11 Å². The fourth-order valence-corrected chi connectivity index (χ4v) is 8.46. The maximum Gasteiger partial charge on any atom is 0.200 e. The van der Waals surface area contributed by atoms with E-state index in [4.69, 9.17) is 4.74 Å². The predicted molar refractivity (Wildman–Crippen MR) is 139 cm³/mol. The number of benzene rings is 4. The molecule has 1 heterocycles. The SMILES string of the molecule is COc1ccc(-c2sc3ccccc3c(=O)c2P(=O)(c2ccccc2)c2ccccc2)cc1. The molecular formula is C28H21O3PS. The minimum atomic E-state index is -3.47. The van der Waals surface area contributed by atoms with Gasteiger partial charge in [-0.15, -0.1) is 11.3 Å². The summed E-state index contributed by atoms with van der Waals surface area (Å²) in [6, 6.07) is 33.8. The molecule has 1 aromatic heterocycles. The van der Waals surface area contributed by atoms with Gasteiger partial charge in [-0.25, -0.2) is 0 Å².